The van der Waals surface area contributed by atoms with E-state index in [1.807, 2.05) is 70.3 Å². The molecule has 0 bridgehead atoms. The van der Waals surface area contributed by atoms with Gasteiger partial charge < -0.3 is 25.4 Å². The summed E-state index contributed by atoms with van der Waals surface area (Å²) in [7, 11) is -4.05. The Balaban J connectivity index is 1.57. The number of rotatable bonds is 16. The molecule has 0 unspecified atom stereocenters. The number of aliphatic hydroxyl groups excluding tert-OH is 1. The van der Waals surface area contributed by atoms with Crippen LogP contribution in [0.25, 0.3) is 0 Å². The van der Waals surface area contributed by atoms with Gasteiger partial charge >= 0.3 is 6.03 Å². The summed E-state index contributed by atoms with van der Waals surface area (Å²) < 4.78 is 28.9. The summed E-state index contributed by atoms with van der Waals surface area (Å²) in [5.74, 6) is -0.705. The van der Waals surface area contributed by atoms with Crippen molar-refractivity contribution in [3.05, 3.63) is 81.8 Å². The van der Waals surface area contributed by atoms with Gasteiger partial charge in [-0.15, -0.1) is 11.3 Å². The van der Waals surface area contributed by atoms with E-state index in [-0.39, 0.29) is 42.3 Å². The normalized spacial score (nSPS) is 16.0. The highest BCUT2D eigenvalue weighted by molar-refractivity contribution is 7.89. The number of oxime groups is 1. The van der Waals surface area contributed by atoms with Gasteiger partial charge in [0.05, 0.1) is 40.5 Å². The van der Waals surface area contributed by atoms with Gasteiger partial charge in [-0.05, 0) is 48.4 Å². The Morgan fingerprint density at radius 2 is 1.77 bits per heavy atom. The number of hydrogen-bond donors (Lipinski definition) is 3. The first-order valence-corrected chi connectivity index (χ1v) is 18.4. The molecule has 0 saturated carbocycles. The lowest BCUT2D eigenvalue weighted by molar-refractivity contribution is -0.128. The monoisotopic (exact) mass is 698 g/mol. The van der Waals surface area contributed by atoms with Crippen LogP contribution in [0.5, 0.6) is 0 Å². The number of nitrogens with zero attached hydrogens (tertiary/aromatic N) is 5. The maximum absolute atomic E-state index is 14.1. The number of thiazole rings is 1. The minimum absolute atomic E-state index is 0.0267. The Morgan fingerprint density at radius 1 is 1.08 bits per heavy atom. The zero-order chi connectivity index (χ0) is 35.0. The lowest BCUT2D eigenvalue weighted by atomic mass is 9.97. The van der Waals surface area contributed by atoms with Crippen molar-refractivity contribution in [2.45, 2.75) is 70.7 Å². The van der Waals surface area contributed by atoms with Crippen molar-refractivity contribution in [1.82, 2.24) is 24.4 Å². The van der Waals surface area contributed by atoms with E-state index in [2.05, 4.69) is 15.5 Å². The molecule has 3 aromatic rings. The standard InChI is InChI=1S/C34H46N6O6S2/c1-23(2)19-39(48(45,46)29-13-11-27(12-14-29)18-35-44)21-31(41)30(17-26-9-7-6-8-10-26)37-33(42)32(24(3)4)40-16-15-38(34(40)43)20-28-22-47-25(5)36-28/h6-14,18,22-24,30-32,41,44H,15-17,19-21H2,1-5H3,(H,37,42)/t30-,31-,32-/m0/s1. The third-order valence-electron chi connectivity index (χ3n) is 8.16. The smallest absolute Gasteiger partial charge is 0.321 e. The first-order valence-electron chi connectivity index (χ1n) is 16.1. The molecule has 12 nitrogen and oxygen atoms in total. The summed E-state index contributed by atoms with van der Waals surface area (Å²) in [6, 6.07) is 13.3. The predicted octanol–water partition coefficient (Wildman–Crippen LogP) is 3.96. The third kappa shape index (κ3) is 9.40. The molecule has 1 saturated heterocycles. The van der Waals surface area contributed by atoms with E-state index in [4.69, 9.17) is 5.21 Å². The Morgan fingerprint density at radius 3 is 2.35 bits per heavy atom. The predicted molar refractivity (Wildman–Crippen MR) is 185 cm³/mol. The van der Waals surface area contributed by atoms with Crippen molar-refractivity contribution >= 4 is 39.5 Å². The molecule has 3 atom stereocenters. The number of nitrogens with one attached hydrogen (secondary N) is 1. The molecule has 2 aromatic carbocycles. The second-order valence-corrected chi connectivity index (χ2v) is 15.8. The summed E-state index contributed by atoms with van der Waals surface area (Å²) in [5.41, 5.74) is 2.18. The molecule has 1 aliphatic rings. The fourth-order valence-electron chi connectivity index (χ4n) is 5.86. The van der Waals surface area contributed by atoms with Gasteiger partial charge in [-0.1, -0.05) is 75.3 Å². The average molecular weight is 699 g/mol. The number of benzene rings is 2. The van der Waals surface area contributed by atoms with Gasteiger partial charge in [0.25, 0.3) is 0 Å². The fraction of sp³-hybridized carbons (Fsp3) is 0.471. The molecule has 0 spiro atoms. The Hall–Kier alpha value is -3.85. The maximum atomic E-state index is 14.1. The van der Waals surface area contributed by atoms with E-state index in [1.54, 1.807) is 9.80 Å². The van der Waals surface area contributed by atoms with Gasteiger partial charge in [-0.2, -0.15) is 4.31 Å². The Labute approximate surface area is 287 Å². The molecule has 14 heteroatoms. The van der Waals surface area contributed by atoms with Crippen molar-refractivity contribution in [1.29, 1.82) is 0 Å². The molecule has 0 aliphatic carbocycles. The molecule has 3 amide bonds. The van der Waals surface area contributed by atoms with Crippen LogP contribution in [0.2, 0.25) is 0 Å². The molecule has 0 radical (unpaired) electrons. The Kier molecular flexibility index (Phi) is 12.7. The highest BCUT2D eigenvalue weighted by Crippen LogP contribution is 2.23. The quantitative estimate of drug-likeness (QED) is 0.116. The molecular formula is C34H46N6O6S2. The summed E-state index contributed by atoms with van der Waals surface area (Å²) in [6.45, 7) is 10.5. The van der Waals surface area contributed by atoms with Gasteiger partial charge in [0.2, 0.25) is 15.9 Å². The lowest BCUT2D eigenvalue weighted by Gasteiger charge is -2.34. The van der Waals surface area contributed by atoms with E-state index < -0.39 is 34.1 Å². The molecule has 260 valence electrons. The fourth-order valence-corrected chi connectivity index (χ4v) is 8.09. The highest BCUT2D eigenvalue weighted by Gasteiger charge is 2.40. The maximum Gasteiger partial charge on any atom is 0.321 e. The van der Waals surface area contributed by atoms with E-state index in [0.29, 0.717) is 25.2 Å². The summed E-state index contributed by atoms with van der Waals surface area (Å²) >= 11 is 1.52. The van der Waals surface area contributed by atoms with Crippen LogP contribution in [0.3, 0.4) is 0 Å². The minimum atomic E-state index is -4.05. The first kappa shape index (κ1) is 37.0. The molecule has 2 heterocycles. The number of aromatic nitrogens is 1. The van der Waals surface area contributed by atoms with Crippen LogP contribution in [0.15, 0.2) is 70.0 Å². The topological polar surface area (TPSA) is 156 Å². The van der Waals surface area contributed by atoms with E-state index >= 15 is 0 Å². The number of aliphatic hydroxyl groups is 1. The van der Waals surface area contributed by atoms with E-state index in [0.717, 1.165) is 16.3 Å². The van der Waals surface area contributed by atoms with Gasteiger partial charge in [-0.3, -0.25) is 4.79 Å². The number of carbonyl (C=O) groups is 2. The number of amides is 3. The Bertz CT molecular complexity index is 1650. The van der Waals surface area contributed by atoms with Crippen LogP contribution >= 0.6 is 11.3 Å². The van der Waals surface area contributed by atoms with Crippen molar-refractivity contribution in [2.75, 3.05) is 26.2 Å². The van der Waals surface area contributed by atoms with Crippen LogP contribution < -0.4 is 5.32 Å². The zero-order valence-electron chi connectivity index (χ0n) is 28.1. The number of aryl methyl sites for hydroxylation is 1. The van der Waals surface area contributed by atoms with E-state index in [9.17, 15) is 23.1 Å². The summed E-state index contributed by atoms with van der Waals surface area (Å²) in [5, 5.41) is 29.4. The van der Waals surface area contributed by atoms with Gasteiger partial charge in [0.15, 0.2) is 0 Å². The third-order valence-corrected chi connectivity index (χ3v) is 10.8. The van der Waals surface area contributed by atoms with Crippen LogP contribution in [0.1, 0.15) is 49.5 Å². The summed E-state index contributed by atoms with van der Waals surface area (Å²) in [6.07, 6.45) is 0.157. The SMILES string of the molecule is Cc1nc(CN2CCN([C@H](C(=O)N[C@@H](Cc3ccccc3)[C@@H](O)CN(CC(C)C)S(=O)(=O)c3ccc(C=NO)cc3)C(C)C)C2=O)cs1. The van der Waals surface area contributed by atoms with Crippen LogP contribution in [-0.4, -0.2) is 100 Å². The van der Waals surface area contributed by atoms with Crippen molar-refractivity contribution in [3.8, 4) is 0 Å². The first-order chi connectivity index (χ1) is 22.8. The van der Waals surface area contributed by atoms with Gasteiger partial charge in [0, 0.05) is 31.6 Å². The van der Waals surface area contributed by atoms with Crippen molar-refractivity contribution in [3.63, 3.8) is 0 Å². The molecule has 1 aromatic heterocycles. The zero-order valence-corrected chi connectivity index (χ0v) is 29.7. The number of sulfonamides is 1. The van der Waals surface area contributed by atoms with Gasteiger partial charge in [-0.25, -0.2) is 18.2 Å². The molecule has 48 heavy (non-hydrogen) atoms. The van der Waals surface area contributed by atoms with Gasteiger partial charge in [0.1, 0.15) is 6.04 Å². The number of hydrogen-bond acceptors (Lipinski definition) is 9. The summed E-state index contributed by atoms with van der Waals surface area (Å²) in [4.78, 5) is 35.3. The second kappa shape index (κ2) is 16.5. The average Bonchev–Trinajstić information content (AvgIpc) is 3.61. The molecule has 1 aliphatic heterocycles. The number of carbonyl (C=O) groups excluding carboxylic acids is 2. The highest BCUT2D eigenvalue weighted by atomic mass is 32.2. The van der Waals surface area contributed by atoms with Crippen LogP contribution in [0, 0.1) is 18.8 Å². The largest absolute Gasteiger partial charge is 0.411 e. The van der Waals surface area contributed by atoms with Crippen molar-refractivity contribution < 1.29 is 28.3 Å². The molecule has 4 rings (SSSR count). The lowest BCUT2D eigenvalue weighted by Crippen LogP contribution is -2.57. The van der Waals surface area contributed by atoms with Crippen LogP contribution in [-0.2, 0) is 27.8 Å². The van der Waals surface area contributed by atoms with Crippen LogP contribution in [0.4, 0.5) is 4.79 Å². The number of urea groups is 1. The molecular weight excluding hydrogens is 653 g/mol. The second-order valence-electron chi connectivity index (χ2n) is 12.8. The van der Waals surface area contributed by atoms with E-state index in [1.165, 1.54) is 46.1 Å². The molecule has 1 fully saturated rings. The van der Waals surface area contributed by atoms with Crippen molar-refractivity contribution in [2.24, 2.45) is 17.0 Å². The molecule has 3 N–H and O–H groups in total. The minimum Gasteiger partial charge on any atom is -0.411 e.